The van der Waals surface area contributed by atoms with Crippen molar-refractivity contribution >= 4 is 41.1 Å². The molecule has 160 valence electrons. The molecule has 2 aromatic heterocycles. The van der Waals surface area contributed by atoms with Crippen molar-refractivity contribution in [2.75, 3.05) is 26.0 Å². The third-order valence-corrected chi connectivity index (χ3v) is 7.11. The first-order valence-electron chi connectivity index (χ1n) is 9.13. The summed E-state index contributed by atoms with van der Waals surface area (Å²) in [6, 6.07) is 0. The minimum Gasteiger partial charge on any atom is -0.352 e. The lowest BCUT2D eigenvalue weighted by Gasteiger charge is -2.20. The third-order valence-electron chi connectivity index (χ3n) is 4.49. The summed E-state index contributed by atoms with van der Waals surface area (Å²) in [5, 5.41) is 2.58. The van der Waals surface area contributed by atoms with Crippen LogP contribution in [-0.4, -0.2) is 56.9 Å². The molecular formula is C16H24ClN6O5P. The quantitative estimate of drug-likeness (QED) is 0.619. The van der Waals surface area contributed by atoms with E-state index in [1.807, 2.05) is 0 Å². The summed E-state index contributed by atoms with van der Waals surface area (Å²) < 4.78 is 26.3. The zero-order valence-corrected chi connectivity index (χ0v) is 18.2. The molecule has 3 rings (SSSR count). The van der Waals surface area contributed by atoms with Crippen molar-refractivity contribution < 1.29 is 18.6 Å². The molecule has 0 spiro atoms. The van der Waals surface area contributed by atoms with Crippen LogP contribution < -0.4 is 10.9 Å². The molecule has 1 amide bonds. The monoisotopic (exact) mass is 446 g/mol. The highest BCUT2D eigenvalue weighted by Gasteiger charge is 2.31. The fourth-order valence-electron chi connectivity index (χ4n) is 2.76. The maximum absolute atomic E-state index is 12.3. The first kappa shape index (κ1) is 21.9. The van der Waals surface area contributed by atoms with E-state index in [4.69, 9.17) is 20.5 Å². The predicted octanol–water partition coefficient (Wildman–Crippen LogP) is 2.32. The maximum atomic E-state index is 12.3. The number of hydrogen-bond donors (Lipinski definition) is 2. The number of aromatic nitrogens is 4. The lowest BCUT2D eigenvalue weighted by molar-refractivity contribution is -0.118. The van der Waals surface area contributed by atoms with Gasteiger partial charge in [-0.2, -0.15) is 4.98 Å². The predicted molar refractivity (Wildman–Crippen MR) is 108 cm³/mol. The molecule has 2 aromatic rings. The van der Waals surface area contributed by atoms with Crippen molar-refractivity contribution in [2.24, 2.45) is 5.92 Å². The number of rotatable bonds is 7. The Morgan fingerprint density at radius 2 is 2.24 bits per heavy atom. The Morgan fingerprint density at radius 3 is 2.90 bits per heavy atom. The molecule has 1 unspecified atom stereocenters. The molecule has 0 radical (unpaired) electrons. The molecule has 29 heavy (non-hydrogen) atoms. The Bertz CT molecular complexity index is 1010. The highest BCUT2D eigenvalue weighted by atomic mass is 35.7. The van der Waals surface area contributed by atoms with Crippen LogP contribution in [0.3, 0.4) is 0 Å². The van der Waals surface area contributed by atoms with Gasteiger partial charge in [0.2, 0.25) is 11.9 Å². The Hall–Kier alpha value is -1.78. The maximum Gasteiger partial charge on any atom is 0.362 e. The Kier molecular flexibility index (Phi) is 6.45. The zero-order chi connectivity index (χ0) is 21.3. The van der Waals surface area contributed by atoms with Gasteiger partial charge in [0.05, 0.1) is 19.0 Å². The number of imidazole rings is 1. The molecular weight excluding hydrogens is 423 g/mol. The van der Waals surface area contributed by atoms with Crippen LogP contribution in [0.1, 0.15) is 32.9 Å². The second-order valence-electron chi connectivity index (χ2n) is 7.27. The first-order chi connectivity index (χ1) is 13.6. The molecule has 1 aliphatic heterocycles. The molecule has 3 atom stereocenters. The van der Waals surface area contributed by atoms with Crippen LogP contribution in [0.4, 0.5) is 5.95 Å². The van der Waals surface area contributed by atoms with E-state index < -0.39 is 18.7 Å². The fraction of sp³-hybridized carbons (Fsp3) is 0.625. The molecule has 2 N–H and O–H groups in total. The van der Waals surface area contributed by atoms with Gasteiger partial charge in [-0.05, 0) is 38.2 Å². The van der Waals surface area contributed by atoms with Crippen molar-refractivity contribution in [3.05, 3.63) is 16.7 Å². The first-order valence-corrected chi connectivity index (χ1v) is 11.6. The molecule has 1 fully saturated rings. The van der Waals surface area contributed by atoms with Crippen LogP contribution in [0.15, 0.2) is 11.1 Å². The number of carbonyl (C=O) groups is 1. The smallest absolute Gasteiger partial charge is 0.352 e. The number of carbonyl (C=O) groups excluding carboxylic acids is 1. The normalized spacial score (nSPS) is 21.8. The Morgan fingerprint density at radius 1 is 1.52 bits per heavy atom. The number of aromatic amines is 1. The average Bonchev–Trinajstić information content (AvgIpc) is 3.26. The van der Waals surface area contributed by atoms with Gasteiger partial charge in [0, 0.05) is 5.92 Å². The van der Waals surface area contributed by atoms with E-state index in [9.17, 15) is 14.2 Å². The van der Waals surface area contributed by atoms with Crippen LogP contribution in [0.5, 0.6) is 0 Å². The summed E-state index contributed by atoms with van der Waals surface area (Å²) in [6.45, 7) is 0.187. The third kappa shape index (κ3) is 4.87. The molecule has 0 aliphatic carbocycles. The second kappa shape index (κ2) is 8.53. The average molecular weight is 447 g/mol. The van der Waals surface area contributed by atoms with Crippen LogP contribution >= 0.6 is 18.1 Å². The van der Waals surface area contributed by atoms with Gasteiger partial charge in [0.1, 0.15) is 6.23 Å². The van der Waals surface area contributed by atoms with E-state index in [0.29, 0.717) is 18.5 Å². The molecule has 13 heteroatoms. The number of ether oxygens (including phenoxy) is 1. The number of fused-ring (bicyclic) bond motifs is 1. The highest BCUT2D eigenvalue weighted by Crippen LogP contribution is 2.54. The van der Waals surface area contributed by atoms with Crippen LogP contribution in [0.2, 0.25) is 0 Å². The van der Waals surface area contributed by atoms with Crippen molar-refractivity contribution in [1.82, 2.24) is 24.2 Å². The molecule has 1 aliphatic rings. The van der Waals surface area contributed by atoms with E-state index in [2.05, 4.69) is 20.3 Å². The lowest BCUT2D eigenvalue weighted by Crippen LogP contribution is -2.22. The molecule has 1 saturated heterocycles. The van der Waals surface area contributed by atoms with Crippen molar-refractivity contribution in [2.45, 2.75) is 39.0 Å². The van der Waals surface area contributed by atoms with E-state index >= 15 is 0 Å². The van der Waals surface area contributed by atoms with Gasteiger partial charge in [-0.3, -0.25) is 29.0 Å². The van der Waals surface area contributed by atoms with Gasteiger partial charge < -0.3 is 9.26 Å². The summed E-state index contributed by atoms with van der Waals surface area (Å²) in [5.41, 5.74) is -0.0101. The summed E-state index contributed by atoms with van der Waals surface area (Å²) in [6.07, 6.45) is 2.00. The summed E-state index contributed by atoms with van der Waals surface area (Å²) in [5.74, 6) is -0.478. The zero-order valence-electron chi connectivity index (χ0n) is 16.6. The van der Waals surface area contributed by atoms with E-state index in [1.54, 1.807) is 32.5 Å². The van der Waals surface area contributed by atoms with Crippen LogP contribution in [-0.2, 0) is 18.6 Å². The van der Waals surface area contributed by atoms with Gasteiger partial charge >= 0.3 is 6.87 Å². The van der Waals surface area contributed by atoms with Crippen LogP contribution in [0, 0.1) is 5.92 Å². The number of nitrogens with zero attached hydrogens (tertiary/aromatic N) is 4. The van der Waals surface area contributed by atoms with E-state index in [-0.39, 0.29) is 36.0 Å². The Balaban J connectivity index is 1.76. The minimum absolute atomic E-state index is 0.0508. The molecule has 0 aromatic carbocycles. The molecule has 3 heterocycles. The number of halogens is 1. The topological polar surface area (TPSA) is 131 Å². The lowest BCUT2D eigenvalue weighted by atomic mass is 10.2. The van der Waals surface area contributed by atoms with Crippen molar-refractivity contribution in [1.29, 1.82) is 0 Å². The minimum atomic E-state index is -3.36. The molecule has 0 bridgehead atoms. The number of nitrogens with one attached hydrogen (secondary N) is 2. The number of anilines is 1. The SMILES string of the molecule is CC(C)C(=O)Nc1nc2c(ncn2[C@H]2CC[C@@H](COP(=O)(Cl)N(C)C)O2)c(=O)[nH]1. The standard InChI is InChI=1S/C16H24ClN6O5P/c1-9(2)14(24)20-16-19-13-12(15(25)21-16)18-8-23(13)11-6-5-10(28-11)7-27-29(17,26)22(3)4/h8-11H,5-7H2,1-4H3,(H2,19,20,21,24,25)/t10-,11+,29?/m0/s1. The second-order valence-corrected chi connectivity index (χ2v) is 10.5. The highest BCUT2D eigenvalue weighted by molar-refractivity contribution is 7.83. The Labute approximate surface area is 172 Å². The van der Waals surface area contributed by atoms with E-state index in [0.717, 1.165) is 0 Å². The number of hydrogen-bond acceptors (Lipinski definition) is 7. The van der Waals surface area contributed by atoms with Gasteiger partial charge in [0.25, 0.3) is 5.56 Å². The number of amides is 1. The van der Waals surface area contributed by atoms with E-state index in [1.165, 1.54) is 11.0 Å². The summed E-state index contributed by atoms with van der Waals surface area (Å²) in [7, 11) is 3.14. The van der Waals surface area contributed by atoms with Gasteiger partial charge in [0.15, 0.2) is 11.2 Å². The van der Waals surface area contributed by atoms with Crippen molar-refractivity contribution in [3.8, 4) is 0 Å². The fourth-order valence-corrected chi connectivity index (χ4v) is 3.51. The van der Waals surface area contributed by atoms with Crippen LogP contribution in [0.25, 0.3) is 11.2 Å². The van der Waals surface area contributed by atoms with Gasteiger partial charge in [-0.1, -0.05) is 13.8 Å². The molecule has 0 saturated carbocycles. The summed E-state index contributed by atoms with van der Waals surface area (Å²) in [4.78, 5) is 35.1. The van der Waals surface area contributed by atoms with Gasteiger partial charge in [-0.15, -0.1) is 0 Å². The molecule has 11 nitrogen and oxygen atoms in total. The largest absolute Gasteiger partial charge is 0.362 e. The number of H-pyrrole nitrogens is 1. The van der Waals surface area contributed by atoms with Crippen molar-refractivity contribution in [3.63, 3.8) is 0 Å². The summed E-state index contributed by atoms with van der Waals surface area (Å²) >= 11 is 5.87. The van der Waals surface area contributed by atoms with Gasteiger partial charge in [-0.25, -0.2) is 9.65 Å².